The predicted molar refractivity (Wildman–Crippen MR) is 56.3 cm³/mol. The largest absolute Gasteiger partial charge is 0.266 e. The first-order valence-corrected chi connectivity index (χ1v) is 4.69. The zero-order chi connectivity index (χ0) is 12.4. The summed E-state index contributed by atoms with van der Waals surface area (Å²) in [6.07, 6.45) is 1.35. The van der Waals surface area contributed by atoms with Crippen molar-refractivity contribution in [3.8, 4) is 11.3 Å². The maximum absolute atomic E-state index is 13.5. The Morgan fingerprint density at radius 3 is 2.76 bits per heavy atom. The zero-order valence-electron chi connectivity index (χ0n) is 8.82. The Kier molecular flexibility index (Phi) is 2.80. The van der Waals surface area contributed by atoms with Crippen LogP contribution in [0.25, 0.3) is 11.3 Å². The summed E-state index contributed by atoms with van der Waals surface area (Å²) in [5.41, 5.74) is 0.588. The van der Waals surface area contributed by atoms with E-state index in [0.29, 0.717) is 5.69 Å². The van der Waals surface area contributed by atoms with Crippen molar-refractivity contribution in [3.63, 3.8) is 0 Å². The van der Waals surface area contributed by atoms with Gasteiger partial charge in [-0.1, -0.05) is 0 Å². The third-order valence-corrected chi connectivity index (χ3v) is 2.23. The molecule has 0 spiro atoms. The second kappa shape index (κ2) is 4.27. The molecule has 0 saturated heterocycles. The number of hydrogen-bond acceptors (Lipinski definition) is 3. The number of benzene rings is 1. The molecule has 0 fully saturated rings. The fourth-order valence-corrected chi connectivity index (χ4v) is 1.50. The van der Waals surface area contributed by atoms with Gasteiger partial charge >= 0.3 is 0 Å². The first-order chi connectivity index (χ1) is 8.11. The molecule has 0 unspecified atom stereocenters. The van der Waals surface area contributed by atoms with E-state index in [1.165, 1.54) is 22.9 Å². The Bertz CT molecular complexity index is 615. The van der Waals surface area contributed by atoms with Crippen molar-refractivity contribution in [1.82, 2.24) is 9.78 Å². The van der Waals surface area contributed by atoms with Crippen molar-refractivity contribution >= 4 is 11.9 Å². The lowest BCUT2D eigenvalue weighted by molar-refractivity contribution is 0.565. The summed E-state index contributed by atoms with van der Waals surface area (Å²) in [7, 11) is 1.57. The van der Waals surface area contributed by atoms with Crippen LogP contribution in [-0.4, -0.2) is 15.9 Å². The highest BCUT2D eigenvalue weighted by molar-refractivity contribution is 5.64. The van der Waals surface area contributed by atoms with E-state index >= 15 is 0 Å². The van der Waals surface area contributed by atoms with Gasteiger partial charge in [0.2, 0.25) is 6.08 Å². The normalized spacial score (nSPS) is 10.1. The number of halogens is 2. The summed E-state index contributed by atoms with van der Waals surface area (Å²) >= 11 is 0. The van der Waals surface area contributed by atoms with Crippen LogP contribution < -0.4 is 0 Å². The van der Waals surface area contributed by atoms with Gasteiger partial charge < -0.3 is 0 Å². The van der Waals surface area contributed by atoms with Crippen molar-refractivity contribution in [1.29, 1.82) is 0 Å². The molecule has 0 bridgehead atoms. The van der Waals surface area contributed by atoms with Crippen molar-refractivity contribution in [3.05, 3.63) is 35.9 Å². The first-order valence-electron chi connectivity index (χ1n) is 4.69. The number of nitrogens with zero attached hydrogens (tertiary/aromatic N) is 3. The number of carbonyl (C=O) groups excluding carboxylic acids is 1. The van der Waals surface area contributed by atoms with Gasteiger partial charge in [0.1, 0.15) is 11.6 Å². The molecule has 0 atom stereocenters. The molecule has 2 aromatic rings. The Hall–Kier alpha value is -2.33. The molecule has 1 aromatic carbocycles. The lowest BCUT2D eigenvalue weighted by Crippen LogP contribution is -1.95. The highest BCUT2D eigenvalue weighted by Gasteiger charge is 2.12. The highest BCUT2D eigenvalue weighted by Crippen LogP contribution is 2.26. The lowest BCUT2D eigenvalue weighted by atomic mass is 10.1. The minimum absolute atomic E-state index is 0.126. The van der Waals surface area contributed by atoms with Crippen LogP contribution in [0.4, 0.5) is 14.6 Å². The summed E-state index contributed by atoms with van der Waals surface area (Å²) in [4.78, 5) is 13.4. The monoisotopic (exact) mass is 235 g/mol. The number of aromatic nitrogens is 2. The molecule has 4 nitrogen and oxygen atoms in total. The number of rotatable bonds is 2. The SMILES string of the molecule is Cn1nc(N=C=O)cc1-c1ccc(F)cc1F. The van der Waals surface area contributed by atoms with Crippen molar-refractivity contribution in [2.24, 2.45) is 12.0 Å². The van der Waals surface area contributed by atoms with E-state index in [9.17, 15) is 13.6 Å². The molecule has 0 saturated carbocycles. The molecule has 0 aliphatic rings. The molecular weight excluding hydrogens is 228 g/mol. The molecule has 17 heavy (non-hydrogen) atoms. The standard InChI is InChI=1S/C11H7F2N3O/c1-16-10(5-11(15-16)14-6-17)8-3-2-7(12)4-9(8)13/h2-5H,1H3. The second-order valence-electron chi connectivity index (χ2n) is 3.34. The van der Waals surface area contributed by atoms with Crippen molar-refractivity contribution < 1.29 is 13.6 Å². The quantitative estimate of drug-likeness (QED) is 0.592. The van der Waals surface area contributed by atoms with Crippen LogP contribution in [0.1, 0.15) is 0 Å². The fraction of sp³-hybridized carbons (Fsp3) is 0.0909. The van der Waals surface area contributed by atoms with Crippen LogP contribution >= 0.6 is 0 Å². The molecule has 1 aromatic heterocycles. The summed E-state index contributed by atoms with van der Waals surface area (Å²) < 4.78 is 27.6. The molecule has 0 aliphatic carbocycles. The molecule has 2 rings (SSSR count). The molecule has 0 N–H and O–H groups in total. The molecule has 0 aliphatic heterocycles. The molecule has 6 heteroatoms. The summed E-state index contributed by atoms with van der Waals surface area (Å²) in [6, 6.07) is 4.65. The van der Waals surface area contributed by atoms with Crippen LogP contribution in [0.5, 0.6) is 0 Å². The maximum Gasteiger partial charge on any atom is 0.242 e. The fourth-order valence-electron chi connectivity index (χ4n) is 1.50. The minimum atomic E-state index is -0.699. The van der Waals surface area contributed by atoms with Gasteiger partial charge in [-0.3, -0.25) is 4.68 Å². The smallest absolute Gasteiger partial charge is 0.242 e. The average Bonchev–Trinajstić information content (AvgIpc) is 2.60. The number of aryl methyl sites for hydroxylation is 1. The highest BCUT2D eigenvalue weighted by atomic mass is 19.1. The number of aliphatic imine (C=N–C) groups is 1. The van der Waals surface area contributed by atoms with Crippen LogP contribution in [-0.2, 0) is 11.8 Å². The molecule has 86 valence electrons. The van der Waals surface area contributed by atoms with Crippen LogP contribution in [0, 0.1) is 11.6 Å². The molecule has 0 radical (unpaired) electrons. The Balaban J connectivity index is 2.56. The van der Waals surface area contributed by atoms with Gasteiger partial charge in [0.05, 0.1) is 5.69 Å². The van der Waals surface area contributed by atoms with Crippen LogP contribution in [0.3, 0.4) is 0 Å². The van der Waals surface area contributed by atoms with E-state index in [2.05, 4.69) is 10.1 Å². The number of hydrogen-bond donors (Lipinski definition) is 0. The zero-order valence-corrected chi connectivity index (χ0v) is 8.82. The summed E-state index contributed by atoms with van der Waals surface area (Å²) in [5, 5.41) is 3.87. The van der Waals surface area contributed by atoms with Crippen LogP contribution in [0.2, 0.25) is 0 Å². The third kappa shape index (κ3) is 2.11. The van der Waals surface area contributed by atoms with E-state index < -0.39 is 11.6 Å². The van der Waals surface area contributed by atoms with Crippen LogP contribution in [0.15, 0.2) is 29.3 Å². The summed E-state index contributed by atoms with van der Waals surface area (Å²) in [6.45, 7) is 0. The van der Waals surface area contributed by atoms with Crippen molar-refractivity contribution in [2.45, 2.75) is 0 Å². The van der Waals surface area contributed by atoms with E-state index in [1.807, 2.05) is 0 Å². The maximum atomic E-state index is 13.5. The van der Waals surface area contributed by atoms with E-state index in [-0.39, 0.29) is 11.4 Å². The average molecular weight is 235 g/mol. The van der Waals surface area contributed by atoms with E-state index in [0.717, 1.165) is 12.1 Å². The Morgan fingerprint density at radius 1 is 1.35 bits per heavy atom. The second-order valence-corrected chi connectivity index (χ2v) is 3.34. The molecular formula is C11H7F2N3O. The van der Waals surface area contributed by atoms with E-state index in [1.54, 1.807) is 7.05 Å². The van der Waals surface area contributed by atoms with Gasteiger partial charge in [-0.25, -0.2) is 13.6 Å². The van der Waals surface area contributed by atoms with Gasteiger partial charge in [0, 0.05) is 24.7 Å². The van der Waals surface area contributed by atoms with E-state index in [4.69, 9.17) is 0 Å². The van der Waals surface area contributed by atoms with Gasteiger partial charge in [0.25, 0.3) is 0 Å². The first kappa shape index (κ1) is 11.2. The lowest BCUT2D eigenvalue weighted by Gasteiger charge is -2.02. The number of isocyanates is 1. The predicted octanol–water partition coefficient (Wildman–Crippen LogP) is 2.33. The van der Waals surface area contributed by atoms with Crippen molar-refractivity contribution in [2.75, 3.05) is 0 Å². The summed E-state index contributed by atoms with van der Waals surface area (Å²) in [5.74, 6) is -1.23. The minimum Gasteiger partial charge on any atom is -0.266 e. The van der Waals surface area contributed by atoms with Gasteiger partial charge in [-0.15, -0.1) is 4.99 Å². The molecule has 1 heterocycles. The van der Waals surface area contributed by atoms with Gasteiger partial charge in [-0.2, -0.15) is 5.10 Å². The molecule has 0 amide bonds. The third-order valence-electron chi connectivity index (χ3n) is 2.23. The van der Waals surface area contributed by atoms with Gasteiger partial charge in [-0.05, 0) is 12.1 Å². The Labute approximate surface area is 95.2 Å². The van der Waals surface area contributed by atoms with Gasteiger partial charge in [0.15, 0.2) is 5.82 Å². The Morgan fingerprint density at radius 2 is 2.12 bits per heavy atom. The topological polar surface area (TPSA) is 47.2 Å².